The summed E-state index contributed by atoms with van der Waals surface area (Å²) in [6, 6.07) is 9.19. The largest absolute Gasteiger partial charge is 0.464 e. The molecule has 1 aliphatic heterocycles. The van der Waals surface area contributed by atoms with Crippen molar-refractivity contribution >= 4 is 22.6 Å². The lowest BCUT2D eigenvalue weighted by atomic mass is 9.89. The van der Waals surface area contributed by atoms with Crippen LogP contribution in [0.1, 0.15) is 67.5 Å². The number of furan rings is 2. The number of likely N-dealkylation sites (tertiary alicyclic amines) is 1. The molecule has 1 aromatic carbocycles. The Morgan fingerprint density at radius 2 is 2.00 bits per heavy atom. The molecule has 0 spiro atoms. The van der Waals surface area contributed by atoms with Crippen LogP contribution in [-0.4, -0.2) is 30.4 Å². The standard InChI is InChI=1S/C24H30N2O3/c1-2-3-4-5-12-26-13-10-18(11-14-26)21-17-29-22-9-8-19(16-20(21)22)25-24(27)23-7-6-15-28-23/h6-9,15-18H,2-5,10-14H2,1H3,(H,25,27). The Kier molecular flexibility index (Phi) is 6.35. The van der Waals surface area contributed by atoms with Gasteiger partial charge in [-0.15, -0.1) is 0 Å². The van der Waals surface area contributed by atoms with Gasteiger partial charge in [0.05, 0.1) is 12.5 Å². The number of carbonyl (C=O) groups excluding carboxylic acids is 1. The molecule has 5 heteroatoms. The van der Waals surface area contributed by atoms with E-state index >= 15 is 0 Å². The van der Waals surface area contributed by atoms with E-state index in [1.165, 1.54) is 44.1 Å². The van der Waals surface area contributed by atoms with Gasteiger partial charge in [-0.1, -0.05) is 26.2 Å². The van der Waals surface area contributed by atoms with Crippen LogP contribution < -0.4 is 5.32 Å². The van der Waals surface area contributed by atoms with Crippen molar-refractivity contribution in [3.05, 3.63) is 54.2 Å². The SMILES string of the molecule is CCCCCCN1CCC(c2coc3ccc(NC(=O)c4ccco4)cc23)CC1. The first-order valence-electron chi connectivity index (χ1n) is 10.8. The van der Waals surface area contributed by atoms with Gasteiger partial charge in [-0.05, 0) is 75.1 Å². The molecule has 154 valence electrons. The zero-order valence-corrected chi connectivity index (χ0v) is 17.2. The minimum atomic E-state index is -0.240. The molecule has 1 aliphatic rings. The van der Waals surface area contributed by atoms with Crippen molar-refractivity contribution < 1.29 is 13.6 Å². The minimum Gasteiger partial charge on any atom is -0.464 e. The molecular weight excluding hydrogens is 364 g/mol. The molecule has 1 fully saturated rings. The van der Waals surface area contributed by atoms with Crippen LogP contribution in [0.3, 0.4) is 0 Å². The van der Waals surface area contributed by atoms with Crippen LogP contribution in [0.15, 0.2) is 51.7 Å². The summed E-state index contributed by atoms with van der Waals surface area (Å²) in [5, 5.41) is 4.01. The van der Waals surface area contributed by atoms with E-state index in [0.717, 1.165) is 42.6 Å². The van der Waals surface area contributed by atoms with E-state index in [9.17, 15) is 4.79 Å². The summed E-state index contributed by atoms with van der Waals surface area (Å²) in [4.78, 5) is 14.9. The van der Waals surface area contributed by atoms with Crippen LogP contribution >= 0.6 is 0 Å². The molecule has 3 aromatic rings. The predicted molar refractivity (Wildman–Crippen MR) is 115 cm³/mol. The third-order valence-electron chi connectivity index (χ3n) is 5.96. The van der Waals surface area contributed by atoms with Crippen molar-refractivity contribution in [3.8, 4) is 0 Å². The number of hydrogen-bond acceptors (Lipinski definition) is 4. The Morgan fingerprint density at radius 1 is 1.14 bits per heavy atom. The Bertz CT molecular complexity index is 921. The number of nitrogens with zero attached hydrogens (tertiary/aromatic N) is 1. The number of amides is 1. The summed E-state index contributed by atoms with van der Waals surface area (Å²) in [5.74, 6) is 0.582. The Hall–Kier alpha value is -2.53. The molecule has 0 aliphatic carbocycles. The number of unbranched alkanes of at least 4 members (excludes halogenated alkanes) is 3. The number of carbonyl (C=O) groups is 1. The average Bonchev–Trinajstić information content (AvgIpc) is 3.42. The predicted octanol–water partition coefficient (Wildman–Crippen LogP) is 6.04. The second-order valence-electron chi connectivity index (χ2n) is 8.01. The highest BCUT2D eigenvalue weighted by Gasteiger charge is 2.23. The van der Waals surface area contributed by atoms with E-state index in [4.69, 9.17) is 8.83 Å². The Balaban J connectivity index is 1.40. The molecule has 0 atom stereocenters. The highest BCUT2D eigenvalue weighted by atomic mass is 16.3. The monoisotopic (exact) mass is 394 g/mol. The fourth-order valence-electron chi connectivity index (χ4n) is 4.27. The molecule has 1 amide bonds. The summed E-state index contributed by atoms with van der Waals surface area (Å²) < 4.78 is 11.0. The van der Waals surface area contributed by atoms with E-state index in [0.29, 0.717) is 11.7 Å². The van der Waals surface area contributed by atoms with Crippen molar-refractivity contribution in [2.24, 2.45) is 0 Å². The lowest BCUT2D eigenvalue weighted by Gasteiger charge is -2.31. The zero-order valence-electron chi connectivity index (χ0n) is 17.2. The fraction of sp³-hybridized carbons (Fsp3) is 0.458. The highest BCUT2D eigenvalue weighted by molar-refractivity contribution is 6.03. The van der Waals surface area contributed by atoms with Gasteiger partial charge >= 0.3 is 0 Å². The van der Waals surface area contributed by atoms with Gasteiger partial charge in [0.2, 0.25) is 0 Å². The van der Waals surface area contributed by atoms with E-state index in [-0.39, 0.29) is 5.91 Å². The van der Waals surface area contributed by atoms with E-state index in [2.05, 4.69) is 17.1 Å². The van der Waals surface area contributed by atoms with E-state index < -0.39 is 0 Å². The molecule has 1 N–H and O–H groups in total. The van der Waals surface area contributed by atoms with Gasteiger partial charge in [-0.3, -0.25) is 4.79 Å². The molecule has 1 saturated heterocycles. The minimum absolute atomic E-state index is 0.240. The number of rotatable bonds is 8. The first-order valence-corrected chi connectivity index (χ1v) is 10.8. The number of piperidine rings is 1. The van der Waals surface area contributed by atoms with Gasteiger partial charge in [0.15, 0.2) is 5.76 Å². The molecule has 2 aromatic heterocycles. The second-order valence-corrected chi connectivity index (χ2v) is 8.01. The molecular formula is C24H30N2O3. The topological polar surface area (TPSA) is 58.6 Å². The fourth-order valence-corrected chi connectivity index (χ4v) is 4.27. The second kappa shape index (κ2) is 9.31. The summed E-state index contributed by atoms with van der Waals surface area (Å²) in [5.41, 5.74) is 2.90. The molecule has 5 nitrogen and oxygen atoms in total. The number of benzene rings is 1. The van der Waals surface area contributed by atoms with Gasteiger partial charge < -0.3 is 19.1 Å². The summed E-state index contributed by atoms with van der Waals surface area (Å²) in [7, 11) is 0. The number of hydrogen-bond donors (Lipinski definition) is 1. The van der Waals surface area contributed by atoms with Gasteiger partial charge in [-0.25, -0.2) is 0 Å². The summed E-state index contributed by atoms with van der Waals surface area (Å²) in [6.07, 6.45) is 11.0. The van der Waals surface area contributed by atoms with Crippen molar-refractivity contribution in [1.29, 1.82) is 0 Å². The first kappa shape index (κ1) is 19.8. The quantitative estimate of drug-likeness (QED) is 0.473. The van der Waals surface area contributed by atoms with Crippen LogP contribution in [0, 0.1) is 0 Å². The van der Waals surface area contributed by atoms with Gasteiger partial charge in [0.1, 0.15) is 5.58 Å². The smallest absolute Gasteiger partial charge is 0.291 e. The maximum atomic E-state index is 12.3. The maximum absolute atomic E-state index is 12.3. The van der Waals surface area contributed by atoms with E-state index in [1.807, 2.05) is 24.5 Å². The lowest BCUT2D eigenvalue weighted by Crippen LogP contribution is -2.33. The summed E-state index contributed by atoms with van der Waals surface area (Å²) in [6.45, 7) is 5.78. The zero-order chi connectivity index (χ0) is 20.1. The lowest BCUT2D eigenvalue weighted by molar-refractivity contribution is 0.0996. The third kappa shape index (κ3) is 4.73. The maximum Gasteiger partial charge on any atom is 0.291 e. The van der Waals surface area contributed by atoms with Crippen molar-refractivity contribution in [2.75, 3.05) is 25.0 Å². The first-order chi connectivity index (χ1) is 14.2. The van der Waals surface area contributed by atoms with Crippen molar-refractivity contribution in [1.82, 2.24) is 4.90 Å². The number of anilines is 1. The molecule has 0 unspecified atom stereocenters. The Labute approximate surface area is 172 Å². The average molecular weight is 395 g/mol. The molecule has 0 saturated carbocycles. The number of nitrogens with one attached hydrogen (secondary N) is 1. The van der Waals surface area contributed by atoms with Gasteiger partial charge in [0, 0.05) is 16.6 Å². The van der Waals surface area contributed by atoms with Crippen LogP contribution in [-0.2, 0) is 0 Å². The normalized spacial score (nSPS) is 15.8. The molecule has 0 bridgehead atoms. The third-order valence-corrected chi connectivity index (χ3v) is 5.96. The Morgan fingerprint density at radius 3 is 2.76 bits per heavy atom. The molecule has 3 heterocycles. The van der Waals surface area contributed by atoms with Crippen LogP contribution in [0.5, 0.6) is 0 Å². The van der Waals surface area contributed by atoms with Crippen molar-refractivity contribution in [3.63, 3.8) is 0 Å². The van der Waals surface area contributed by atoms with Crippen LogP contribution in [0.4, 0.5) is 5.69 Å². The highest BCUT2D eigenvalue weighted by Crippen LogP contribution is 2.35. The molecule has 4 rings (SSSR count). The number of fused-ring (bicyclic) bond motifs is 1. The summed E-state index contributed by atoms with van der Waals surface area (Å²) >= 11 is 0. The molecule has 29 heavy (non-hydrogen) atoms. The van der Waals surface area contributed by atoms with Gasteiger partial charge in [-0.2, -0.15) is 0 Å². The van der Waals surface area contributed by atoms with E-state index in [1.54, 1.807) is 12.1 Å². The molecule has 0 radical (unpaired) electrons. The van der Waals surface area contributed by atoms with Crippen molar-refractivity contribution in [2.45, 2.75) is 51.4 Å². The van der Waals surface area contributed by atoms with Crippen LogP contribution in [0.25, 0.3) is 11.0 Å². The van der Waals surface area contributed by atoms with Gasteiger partial charge in [0.25, 0.3) is 5.91 Å². The van der Waals surface area contributed by atoms with Crippen LogP contribution in [0.2, 0.25) is 0 Å².